The predicted octanol–water partition coefficient (Wildman–Crippen LogP) is 2.91. The molecule has 0 aliphatic heterocycles. The Labute approximate surface area is 100 Å². The van der Waals surface area contributed by atoms with Gasteiger partial charge in [0, 0.05) is 5.75 Å². The van der Waals surface area contributed by atoms with Crippen LogP contribution in [0.1, 0.15) is 12.6 Å². The van der Waals surface area contributed by atoms with Gasteiger partial charge >= 0.3 is 12.1 Å². The van der Waals surface area contributed by atoms with Gasteiger partial charge in [0.15, 0.2) is 0 Å². The Hall–Kier alpha value is -1.24. The van der Waals surface area contributed by atoms with E-state index in [1.54, 1.807) is 0 Å². The van der Waals surface area contributed by atoms with Crippen LogP contribution in [0.5, 0.6) is 0 Å². The first kappa shape index (κ1) is 13.8. The maximum absolute atomic E-state index is 12.3. The first-order valence-electron chi connectivity index (χ1n) is 4.70. The predicted molar refractivity (Wildman–Crippen MR) is 56.8 cm³/mol. The normalized spacial score (nSPS) is 13.4. The van der Waals surface area contributed by atoms with E-state index in [9.17, 15) is 18.0 Å². The Morgan fingerprint density at radius 3 is 2.71 bits per heavy atom. The minimum absolute atomic E-state index is 0.174. The number of hydrogen-bond donors (Lipinski definition) is 1. The molecule has 1 atom stereocenters. The van der Waals surface area contributed by atoms with Gasteiger partial charge in [-0.3, -0.25) is 4.79 Å². The summed E-state index contributed by atoms with van der Waals surface area (Å²) in [5, 5.41) is 8.80. The van der Waals surface area contributed by atoms with Crippen LogP contribution in [0.4, 0.5) is 13.2 Å². The number of thioether (sulfide) groups is 1. The summed E-state index contributed by atoms with van der Waals surface area (Å²) in [6.07, 6.45) is -4.48. The fraction of sp³-hybridized carbons (Fsp3) is 0.400. The number of aromatic nitrogens is 1. The lowest BCUT2D eigenvalue weighted by molar-refractivity contribution is -0.142. The number of rotatable bonds is 4. The molecule has 0 aliphatic carbocycles. The molecule has 1 heterocycles. The molecule has 17 heavy (non-hydrogen) atoms. The second-order valence-corrected chi connectivity index (χ2v) is 4.45. The molecule has 0 saturated carbocycles. The van der Waals surface area contributed by atoms with Crippen LogP contribution in [-0.4, -0.2) is 21.8 Å². The van der Waals surface area contributed by atoms with Crippen molar-refractivity contribution in [2.45, 2.75) is 18.1 Å². The Bertz CT molecular complexity index is 409. The van der Waals surface area contributed by atoms with Crippen LogP contribution >= 0.6 is 11.8 Å². The van der Waals surface area contributed by atoms with Gasteiger partial charge in [0.1, 0.15) is 5.69 Å². The summed E-state index contributed by atoms with van der Waals surface area (Å²) < 4.78 is 37.0. The van der Waals surface area contributed by atoms with E-state index in [2.05, 4.69) is 4.98 Å². The molecule has 0 saturated heterocycles. The molecule has 7 heteroatoms. The molecule has 1 unspecified atom stereocenters. The second kappa shape index (κ2) is 5.39. The van der Waals surface area contributed by atoms with Crippen LogP contribution in [0.15, 0.2) is 23.2 Å². The van der Waals surface area contributed by atoms with Gasteiger partial charge in [-0.05, 0) is 12.1 Å². The molecule has 94 valence electrons. The van der Waals surface area contributed by atoms with Gasteiger partial charge in [0.25, 0.3) is 0 Å². The van der Waals surface area contributed by atoms with Crippen molar-refractivity contribution in [1.29, 1.82) is 0 Å². The van der Waals surface area contributed by atoms with Crippen molar-refractivity contribution < 1.29 is 23.1 Å². The van der Waals surface area contributed by atoms with E-state index >= 15 is 0 Å². The summed E-state index contributed by atoms with van der Waals surface area (Å²) in [4.78, 5) is 14.0. The summed E-state index contributed by atoms with van der Waals surface area (Å²) in [6, 6.07) is 3.56. The maximum atomic E-state index is 12.3. The highest BCUT2D eigenvalue weighted by atomic mass is 32.2. The highest BCUT2D eigenvalue weighted by Crippen LogP contribution is 2.29. The molecule has 0 aromatic carbocycles. The summed E-state index contributed by atoms with van der Waals surface area (Å²) in [5.41, 5.74) is -0.967. The molecule has 1 N–H and O–H groups in total. The van der Waals surface area contributed by atoms with E-state index in [-0.39, 0.29) is 10.8 Å². The number of aliphatic carboxylic acids is 1. The molecule has 0 spiro atoms. The van der Waals surface area contributed by atoms with E-state index in [0.717, 1.165) is 17.8 Å². The van der Waals surface area contributed by atoms with Gasteiger partial charge in [-0.25, -0.2) is 4.98 Å². The third-order valence-corrected chi connectivity index (χ3v) is 3.11. The fourth-order valence-electron chi connectivity index (χ4n) is 0.935. The number of carboxylic acid groups (broad SMARTS) is 1. The first-order valence-corrected chi connectivity index (χ1v) is 5.69. The number of alkyl halides is 3. The van der Waals surface area contributed by atoms with Crippen molar-refractivity contribution >= 4 is 17.7 Å². The van der Waals surface area contributed by atoms with E-state index in [1.807, 2.05) is 0 Å². The third kappa shape index (κ3) is 4.26. The molecule has 1 aromatic rings. The van der Waals surface area contributed by atoms with Crippen LogP contribution in [0.3, 0.4) is 0 Å². The zero-order chi connectivity index (χ0) is 13.1. The fourth-order valence-corrected chi connectivity index (χ4v) is 1.84. The largest absolute Gasteiger partial charge is 0.481 e. The Morgan fingerprint density at radius 2 is 2.18 bits per heavy atom. The molecule has 0 bridgehead atoms. The lowest BCUT2D eigenvalue weighted by Gasteiger charge is -2.08. The minimum atomic E-state index is -4.48. The standard InChI is InChI=1S/C10H10F3NO2S/c1-6(9(15)16)5-17-8-4-2-3-7(14-8)10(11,12)13/h2-4,6H,5H2,1H3,(H,15,16). The van der Waals surface area contributed by atoms with Crippen molar-refractivity contribution in [3.63, 3.8) is 0 Å². The van der Waals surface area contributed by atoms with Gasteiger partial charge in [-0.1, -0.05) is 13.0 Å². The van der Waals surface area contributed by atoms with Gasteiger partial charge in [-0.15, -0.1) is 11.8 Å². The van der Waals surface area contributed by atoms with E-state index in [4.69, 9.17) is 5.11 Å². The van der Waals surface area contributed by atoms with Crippen LogP contribution < -0.4 is 0 Å². The lowest BCUT2D eigenvalue weighted by atomic mass is 10.2. The van der Waals surface area contributed by atoms with Crippen molar-refractivity contribution in [1.82, 2.24) is 4.98 Å². The quantitative estimate of drug-likeness (QED) is 0.850. The van der Waals surface area contributed by atoms with Crippen molar-refractivity contribution in [3.8, 4) is 0 Å². The molecule has 1 aromatic heterocycles. The topological polar surface area (TPSA) is 50.2 Å². The number of halogens is 3. The Morgan fingerprint density at radius 1 is 1.53 bits per heavy atom. The van der Waals surface area contributed by atoms with E-state index in [0.29, 0.717) is 0 Å². The van der Waals surface area contributed by atoms with Crippen LogP contribution in [0.2, 0.25) is 0 Å². The zero-order valence-electron chi connectivity index (χ0n) is 8.86. The van der Waals surface area contributed by atoms with Gasteiger partial charge in [0.2, 0.25) is 0 Å². The highest BCUT2D eigenvalue weighted by Gasteiger charge is 2.32. The monoisotopic (exact) mass is 265 g/mol. The third-order valence-electron chi connectivity index (χ3n) is 1.92. The average Bonchev–Trinajstić information content (AvgIpc) is 2.25. The molecule has 3 nitrogen and oxygen atoms in total. The molecule has 0 amide bonds. The van der Waals surface area contributed by atoms with Gasteiger partial charge in [0.05, 0.1) is 10.9 Å². The molecular weight excluding hydrogens is 255 g/mol. The van der Waals surface area contributed by atoms with E-state index < -0.39 is 23.8 Å². The second-order valence-electron chi connectivity index (χ2n) is 3.41. The zero-order valence-corrected chi connectivity index (χ0v) is 9.68. The number of carboxylic acids is 1. The number of carbonyl (C=O) groups is 1. The number of hydrogen-bond acceptors (Lipinski definition) is 3. The molecule has 1 rings (SSSR count). The summed E-state index contributed by atoms with van der Waals surface area (Å²) in [7, 11) is 0. The summed E-state index contributed by atoms with van der Waals surface area (Å²) in [5.74, 6) is -1.43. The Kier molecular flexibility index (Phi) is 4.39. The lowest BCUT2D eigenvalue weighted by Crippen LogP contribution is -2.12. The first-order chi connectivity index (χ1) is 7.80. The maximum Gasteiger partial charge on any atom is 0.433 e. The smallest absolute Gasteiger partial charge is 0.433 e. The molecular formula is C10H10F3NO2S. The minimum Gasteiger partial charge on any atom is -0.481 e. The highest BCUT2D eigenvalue weighted by molar-refractivity contribution is 7.99. The number of pyridine rings is 1. The van der Waals surface area contributed by atoms with Gasteiger partial charge in [-0.2, -0.15) is 13.2 Å². The SMILES string of the molecule is CC(CSc1cccc(C(F)(F)F)n1)C(=O)O. The summed E-state index contributed by atoms with van der Waals surface area (Å²) in [6.45, 7) is 1.49. The molecule has 0 aliphatic rings. The Balaban J connectivity index is 2.70. The van der Waals surface area contributed by atoms with Crippen molar-refractivity contribution in [2.75, 3.05) is 5.75 Å². The number of nitrogens with zero attached hydrogens (tertiary/aromatic N) is 1. The van der Waals surface area contributed by atoms with Gasteiger partial charge < -0.3 is 5.11 Å². The van der Waals surface area contributed by atoms with Crippen LogP contribution in [0.25, 0.3) is 0 Å². The van der Waals surface area contributed by atoms with E-state index in [1.165, 1.54) is 19.1 Å². The van der Waals surface area contributed by atoms with Crippen LogP contribution in [-0.2, 0) is 11.0 Å². The molecule has 0 fully saturated rings. The van der Waals surface area contributed by atoms with Crippen molar-refractivity contribution in [3.05, 3.63) is 23.9 Å². The average molecular weight is 265 g/mol. The summed E-state index contributed by atoms with van der Waals surface area (Å²) >= 11 is 0.995. The van der Waals surface area contributed by atoms with Crippen molar-refractivity contribution in [2.24, 2.45) is 5.92 Å². The molecule has 0 radical (unpaired) electrons. The van der Waals surface area contributed by atoms with Crippen LogP contribution in [0, 0.1) is 5.92 Å².